The van der Waals surface area contributed by atoms with Crippen LogP contribution in [-0.4, -0.2) is 45.7 Å². The Morgan fingerprint density at radius 2 is 1.88 bits per heavy atom. The second kappa shape index (κ2) is 9.55. The molecule has 0 saturated carbocycles. The monoisotopic (exact) mass is 504 g/mol. The number of piperidine rings is 2. The quantitative estimate of drug-likeness (QED) is 0.368. The number of rotatable bonds is 4. The number of nitrogens with zero attached hydrogens (tertiary/aromatic N) is 3. The predicted octanol–water partition coefficient (Wildman–Crippen LogP) is 4.32. The van der Waals surface area contributed by atoms with Crippen molar-refractivity contribution in [1.29, 1.82) is 0 Å². The van der Waals surface area contributed by atoms with Crippen LogP contribution in [0, 0.1) is 0 Å². The molecule has 1 aromatic heterocycles. The van der Waals surface area contributed by atoms with Crippen molar-refractivity contribution in [2.24, 2.45) is 0 Å². The summed E-state index contributed by atoms with van der Waals surface area (Å²) in [6, 6.07) is 8.02. The lowest BCUT2D eigenvalue weighted by molar-refractivity contribution is -0.137. The first-order chi connectivity index (χ1) is 15.9. The van der Waals surface area contributed by atoms with Gasteiger partial charge in [-0.1, -0.05) is 41.4 Å². The summed E-state index contributed by atoms with van der Waals surface area (Å²) in [7, 11) is 0. The van der Waals surface area contributed by atoms with Crippen molar-refractivity contribution in [3.63, 3.8) is 0 Å². The molecule has 0 spiro atoms. The molecule has 1 N–H and O–H groups in total. The van der Waals surface area contributed by atoms with E-state index in [9.17, 15) is 9.59 Å². The smallest absolute Gasteiger partial charge is 0.243 e. The van der Waals surface area contributed by atoms with E-state index in [1.54, 1.807) is 6.20 Å². The molecule has 0 aliphatic carbocycles. The summed E-state index contributed by atoms with van der Waals surface area (Å²) < 4.78 is 0. The second-order valence-corrected chi connectivity index (χ2v) is 10.3. The Morgan fingerprint density at radius 1 is 1.09 bits per heavy atom. The van der Waals surface area contributed by atoms with Gasteiger partial charge in [-0.15, -0.1) is 0 Å². The number of pyridine rings is 1. The average molecular weight is 505 g/mol. The van der Waals surface area contributed by atoms with Gasteiger partial charge in [0.2, 0.25) is 11.8 Å². The molecule has 3 aliphatic heterocycles. The molecule has 33 heavy (non-hydrogen) atoms. The molecule has 0 bridgehead atoms. The topological polar surface area (TPSA) is 65.5 Å². The molecule has 2 aromatic rings. The summed E-state index contributed by atoms with van der Waals surface area (Å²) in [6.45, 7) is 3.50. The Hall–Kier alpha value is -1.64. The number of nitrogens with one attached hydrogen (secondary N) is 1. The van der Waals surface area contributed by atoms with E-state index in [0.29, 0.717) is 35.5 Å². The number of imide groups is 1. The number of carbonyl (C=O) groups is 2. The van der Waals surface area contributed by atoms with Gasteiger partial charge in [0.15, 0.2) is 0 Å². The first-order valence-electron chi connectivity index (χ1n) is 11.3. The maximum atomic E-state index is 12.4. The highest BCUT2D eigenvalue weighted by molar-refractivity contribution is 7.80. The van der Waals surface area contributed by atoms with Crippen molar-refractivity contribution in [1.82, 2.24) is 20.1 Å². The summed E-state index contributed by atoms with van der Waals surface area (Å²) in [4.78, 5) is 32.7. The van der Waals surface area contributed by atoms with Crippen LogP contribution < -0.4 is 5.32 Å². The van der Waals surface area contributed by atoms with Crippen molar-refractivity contribution in [3.05, 3.63) is 62.9 Å². The van der Waals surface area contributed by atoms with Gasteiger partial charge in [0.25, 0.3) is 0 Å². The molecule has 5 rings (SSSR count). The van der Waals surface area contributed by atoms with Gasteiger partial charge < -0.3 is 0 Å². The Kier molecular flexibility index (Phi) is 6.69. The number of benzene rings is 1. The lowest BCUT2D eigenvalue weighted by atomic mass is 9.89. The fraction of sp³-hybridized carbons (Fsp3) is 0.458. The number of thiol groups is 1. The van der Waals surface area contributed by atoms with Crippen molar-refractivity contribution in [3.8, 4) is 0 Å². The molecule has 3 aliphatic rings. The molecular formula is C24H26Cl2N4O2S. The minimum Gasteiger partial charge on any atom is -0.299 e. The number of halogens is 2. The van der Waals surface area contributed by atoms with E-state index in [0.717, 1.165) is 43.6 Å². The molecule has 0 radical (unpaired) electrons. The van der Waals surface area contributed by atoms with Crippen LogP contribution >= 0.6 is 35.8 Å². The van der Waals surface area contributed by atoms with Crippen LogP contribution in [0.2, 0.25) is 10.2 Å². The van der Waals surface area contributed by atoms with E-state index in [-0.39, 0.29) is 23.2 Å². The molecule has 4 heterocycles. The van der Waals surface area contributed by atoms with Gasteiger partial charge in [-0.3, -0.25) is 24.7 Å². The van der Waals surface area contributed by atoms with E-state index in [1.165, 1.54) is 11.1 Å². The molecule has 174 valence electrons. The molecule has 1 aromatic carbocycles. The van der Waals surface area contributed by atoms with E-state index < -0.39 is 0 Å². The van der Waals surface area contributed by atoms with Crippen LogP contribution in [0.5, 0.6) is 0 Å². The minimum atomic E-state index is -0.321. The Morgan fingerprint density at radius 3 is 2.64 bits per heavy atom. The molecule has 6 nitrogen and oxygen atoms in total. The molecular weight excluding hydrogens is 479 g/mol. The fourth-order valence-electron chi connectivity index (χ4n) is 5.35. The largest absolute Gasteiger partial charge is 0.299 e. The molecule has 9 heteroatoms. The van der Waals surface area contributed by atoms with Crippen LogP contribution in [0.4, 0.5) is 0 Å². The lowest BCUT2D eigenvalue weighted by Gasteiger charge is -2.33. The first kappa shape index (κ1) is 23.1. The van der Waals surface area contributed by atoms with Crippen LogP contribution in [0.3, 0.4) is 0 Å². The van der Waals surface area contributed by atoms with Gasteiger partial charge in [0.1, 0.15) is 5.15 Å². The van der Waals surface area contributed by atoms with Crippen LogP contribution in [0.1, 0.15) is 59.2 Å². The van der Waals surface area contributed by atoms with Crippen LogP contribution in [-0.2, 0) is 22.7 Å². The lowest BCUT2D eigenvalue weighted by Crippen LogP contribution is -2.51. The summed E-state index contributed by atoms with van der Waals surface area (Å²) in [5.41, 5.74) is 4.79. The zero-order valence-corrected chi connectivity index (χ0v) is 20.5. The number of amides is 2. The third-order valence-electron chi connectivity index (χ3n) is 7.15. The van der Waals surface area contributed by atoms with Crippen molar-refractivity contribution in [2.45, 2.75) is 56.1 Å². The van der Waals surface area contributed by atoms with E-state index in [1.807, 2.05) is 6.07 Å². The van der Waals surface area contributed by atoms with Crippen molar-refractivity contribution >= 4 is 47.6 Å². The van der Waals surface area contributed by atoms with Crippen LogP contribution in [0.25, 0.3) is 0 Å². The first-order valence-corrected chi connectivity index (χ1v) is 12.6. The van der Waals surface area contributed by atoms with Gasteiger partial charge in [0.05, 0.1) is 16.4 Å². The molecule has 2 unspecified atom stereocenters. The predicted molar refractivity (Wildman–Crippen MR) is 131 cm³/mol. The maximum Gasteiger partial charge on any atom is 0.243 e. The third-order valence-corrected chi connectivity index (χ3v) is 8.51. The second-order valence-electron chi connectivity index (χ2n) is 9.05. The van der Waals surface area contributed by atoms with Gasteiger partial charge in [-0.2, -0.15) is 12.6 Å². The summed E-state index contributed by atoms with van der Waals surface area (Å²) >= 11 is 17.4. The number of hydrogen-bond donors (Lipinski definition) is 2. The zero-order valence-electron chi connectivity index (χ0n) is 18.1. The number of likely N-dealkylation sites (tertiary alicyclic amines) is 1. The number of fused-ring (bicyclic) bond motifs is 1. The van der Waals surface area contributed by atoms with E-state index >= 15 is 0 Å². The fourth-order valence-corrected chi connectivity index (χ4v) is 6.27. The van der Waals surface area contributed by atoms with E-state index in [4.69, 9.17) is 35.8 Å². The third kappa shape index (κ3) is 4.54. The zero-order chi connectivity index (χ0) is 23.1. The molecule has 2 atom stereocenters. The molecule has 2 fully saturated rings. The van der Waals surface area contributed by atoms with Gasteiger partial charge in [-0.25, -0.2) is 4.98 Å². The normalized spacial score (nSPS) is 24.7. The molecule has 2 amide bonds. The average Bonchev–Trinajstić information content (AvgIpc) is 3.14. The number of aromatic nitrogens is 1. The van der Waals surface area contributed by atoms with Gasteiger partial charge in [-0.05, 0) is 66.6 Å². The molecule has 2 saturated heterocycles. The standard InChI is InChI=1S/C24H26Cl2N4O2S/c25-21-16(6-9-27-22(21)26)14-7-10-29(11-8-14)12-15-2-1-3-17-18(15)13-30(24(17)33)19-4-5-20(31)28-23(19)32/h1-3,6,9,14,19,24,33H,4-5,7-8,10-13H2,(H,28,31,32). The highest BCUT2D eigenvalue weighted by atomic mass is 35.5. The van der Waals surface area contributed by atoms with E-state index in [2.05, 4.69) is 38.3 Å². The Balaban J connectivity index is 1.26. The number of hydrogen-bond acceptors (Lipinski definition) is 6. The number of carbonyl (C=O) groups excluding carboxylic acids is 2. The summed E-state index contributed by atoms with van der Waals surface area (Å²) in [5.74, 6) is -0.0136. The van der Waals surface area contributed by atoms with Gasteiger partial charge in [0, 0.05) is 25.7 Å². The highest BCUT2D eigenvalue weighted by Gasteiger charge is 2.39. The maximum absolute atomic E-state index is 12.4. The summed E-state index contributed by atoms with van der Waals surface area (Å²) in [5, 5.41) is 3.28. The van der Waals surface area contributed by atoms with Gasteiger partial charge >= 0.3 is 0 Å². The SMILES string of the molecule is O=C1CCC(N2Cc3c(CN4CCC(c5ccnc(Cl)c5Cl)CC4)cccc3C2S)C(=O)N1. The Bertz CT molecular complexity index is 1090. The van der Waals surface area contributed by atoms with Crippen molar-refractivity contribution < 1.29 is 9.59 Å². The highest BCUT2D eigenvalue weighted by Crippen LogP contribution is 2.41. The summed E-state index contributed by atoms with van der Waals surface area (Å²) in [6.07, 6.45) is 4.68. The Labute approximate surface area is 209 Å². The van der Waals surface area contributed by atoms with Crippen molar-refractivity contribution in [2.75, 3.05) is 13.1 Å². The minimum absolute atomic E-state index is 0.145. The van der Waals surface area contributed by atoms with Crippen LogP contribution in [0.15, 0.2) is 30.5 Å².